The molecule has 3 N–H and O–H groups in total. The molecular formula is C9H12N6OS2. The fourth-order valence-electron chi connectivity index (χ4n) is 1.21. The molecule has 2 aromatic rings. The molecule has 0 aromatic carbocycles. The number of nitrogen functional groups attached to an aromatic ring is 1. The number of nitrogens with two attached hydrogens (primary N) is 1. The first-order valence-corrected chi connectivity index (χ1v) is 6.90. The van der Waals surface area contributed by atoms with Crippen LogP contribution in [-0.2, 0) is 6.42 Å². The summed E-state index contributed by atoms with van der Waals surface area (Å²) in [5, 5.41) is 19.6. The highest BCUT2D eigenvalue weighted by Crippen LogP contribution is 2.19. The monoisotopic (exact) mass is 284 g/mol. The van der Waals surface area contributed by atoms with Crippen molar-refractivity contribution in [2.75, 3.05) is 11.1 Å². The summed E-state index contributed by atoms with van der Waals surface area (Å²) >= 11 is 2.39. The molecular weight excluding hydrogens is 272 g/mol. The fourth-order valence-corrected chi connectivity index (χ4v) is 2.66. The Kier molecular flexibility index (Phi) is 3.82. The second-order valence-corrected chi connectivity index (χ2v) is 6.07. The van der Waals surface area contributed by atoms with Crippen molar-refractivity contribution >= 4 is 38.8 Å². The van der Waals surface area contributed by atoms with Gasteiger partial charge in [0.2, 0.25) is 15.3 Å². The topological polar surface area (TPSA) is 107 Å². The molecule has 0 unspecified atom stereocenters. The molecule has 0 aliphatic carbocycles. The van der Waals surface area contributed by atoms with Gasteiger partial charge in [-0.15, -0.1) is 20.4 Å². The first-order chi connectivity index (χ1) is 8.54. The molecule has 0 aliphatic rings. The van der Waals surface area contributed by atoms with Gasteiger partial charge in [0, 0.05) is 6.42 Å². The van der Waals surface area contributed by atoms with E-state index in [0.717, 1.165) is 22.8 Å². The van der Waals surface area contributed by atoms with Gasteiger partial charge < -0.3 is 5.73 Å². The normalized spacial score (nSPS) is 10.8. The lowest BCUT2D eigenvalue weighted by Crippen LogP contribution is -2.11. The summed E-state index contributed by atoms with van der Waals surface area (Å²) in [6.07, 6.45) is 0.847. The number of amides is 1. The molecule has 0 saturated heterocycles. The van der Waals surface area contributed by atoms with Gasteiger partial charge in [-0.3, -0.25) is 10.1 Å². The Morgan fingerprint density at radius 2 is 2.06 bits per heavy atom. The molecule has 2 aromatic heterocycles. The van der Waals surface area contributed by atoms with Crippen LogP contribution in [0.25, 0.3) is 0 Å². The van der Waals surface area contributed by atoms with Crippen molar-refractivity contribution in [1.82, 2.24) is 20.4 Å². The van der Waals surface area contributed by atoms with Gasteiger partial charge in [0.15, 0.2) is 0 Å². The molecule has 7 nitrogen and oxygen atoms in total. The van der Waals surface area contributed by atoms with Gasteiger partial charge in [-0.05, 0) is 5.92 Å². The van der Waals surface area contributed by atoms with Crippen molar-refractivity contribution in [3.05, 3.63) is 10.0 Å². The van der Waals surface area contributed by atoms with Gasteiger partial charge in [0.25, 0.3) is 5.91 Å². The first-order valence-electron chi connectivity index (χ1n) is 5.27. The predicted octanol–water partition coefficient (Wildman–Crippen LogP) is 1.42. The van der Waals surface area contributed by atoms with Crippen LogP contribution in [0.3, 0.4) is 0 Å². The lowest BCUT2D eigenvalue weighted by Gasteiger charge is -1.97. The van der Waals surface area contributed by atoms with E-state index in [4.69, 9.17) is 5.73 Å². The summed E-state index contributed by atoms with van der Waals surface area (Å²) < 4.78 is 0. The molecule has 0 radical (unpaired) electrons. The second kappa shape index (κ2) is 5.36. The Balaban J connectivity index is 2.01. The molecule has 0 atom stereocenters. The maximum Gasteiger partial charge on any atom is 0.288 e. The number of nitrogens with zero attached hydrogens (tertiary/aromatic N) is 4. The summed E-state index contributed by atoms with van der Waals surface area (Å²) in [6, 6.07) is 0. The van der Waals surface area contributed by atoms with E-state index in [0.29, 0.717) is 11.0 Å². The zero-order valence-electron chi connectivity index (χ0n) is 9.88. The number of hydrogen-bond donors (Lipinski definition) is 2. The summed E-state index contributed by atoms with van der Waals surface area (Å²) in [5.41, 5.74) is 5.41. The highest BCUT2D eigenvalue weighted by Gasteiger charge is 2.14. The maximum atomic E-state index is 11.7. The molecule has 0 spiro atoms. The lowest BCUT2D eigenvalue weighted by molar-refractivity contribution is 0.102. The third-order valence-electron chi connectivity index (χ3n) is 1.91. The quantitative estimate of drug-likeness (QED) is 0.879. The minimum absolute atomic E-state index is 0.216. The van der Waals surface area contributed by atoms with E-state index >= 15 is 0 Å². The number of anilines is 2. The van der Waals surface area contributed by atoms with Crippen molar-refractivity contribution in [2.24, 2.45) is 5.92 Å². The third-order valence-corrected chi connectivity index (χ3v) is 3.52. The molecule has 96 valence electrons. The molecule has 0 bridgehead atoms. The van der Waals surface area contributed by atoms with Crippen molar-refractivity contribution < 1.29 is 4.79 Å². The van der Waals surface area contributed by atoms with E-state index in [1.165, 1.54) is 11.3 Å². The largest absolute Gasteiger partial charge is 0.374 e. The highest BCUT2D eigenvalue weighted by atomic mass is 32.1. The lowest BCUT2D eigenvalue weighted by atomic mass is 10.1. The molecule has 1 amide bonds. The summed E-state index contributed by atoms with van der Waals surface area (Å²) in [6.45, 7) is 4.20. The Bertz CT molecular complexity index is 549. The molecule has 18 heavy (non-hydrogen) atoms. The molecule has 0 fully saturated rings. The van der Waals surface area contributed by atoms with E-state index in [2.05, 4.69) is 39.6 Å². The highest BCUT2D eigenvalue weighted by molar-refractivity contribution is 7.17. The number of carbonyl (C=O) groups excluding carboxylic acids is 1. The average molecular weight is 284 g/mol. The minimum Gasteiger partial charge on any atom is -0.374 e. The second-order valence-electron chi connectivity index (χ2n) is 4.00. The fraction of sp³-hybridized carbons (Fsp3) is 0.444. The standard InChI is InChI=1S/C9H12N6OS2/c1-4(2)3-5-12-15-9(17-5)11-6(16)7-13-14-8(10)18-7/h4H,3H2,1-2H3,(H2,10,14)(H,11,15,16). The van der Waals surface area contributed by atoms with Crippen LogP contribution in [0.4, 0.5) is 10.3 Å². The zero-order chi connectivity index (χ0) is 13.1. The van der Waals surface area contributed by atoms with Crippen molar-refractivity contribution in [2.45, 2.75) is 20.3 Å². The van der Waals surface area contributed by atoms with Gasteiger partial charge in [-0.25, -0.2) is 0 Å². The average Bonchev–Trinajstić information content (AvgIpc) is 2.87. The maximum absolute atomic E-state index is 11.7. The number of carbonyl (C=O) groups is 1. The van der Waals surface area contributed by atoms with Crippen LogP contribution in [-0.4, -0.2) is 26.3 Å². The van der Waals surface area contributed by atoms with E-state index in [-0.39, 0.29) is 16.0 Å². The van der Waals surface area contributed by atoms with Crippen LogP contribution < -0.4 is 11.1 Å². The first kappa shape index (κ1) is 12.8. The number of rotatable bonds is 4. The van der Waals surface area contributed by atoms with Crippen LogP contribution in [0.15, 0.2) is 0 Å². The smallest absolute Gasteiger partial charge is 0.288 e. The van der Waals surface area contributed by atoms with Crippen LogP contribution in [0.2, 0.25) is 0 Å². The van der Waals surface area contributed by atoms with E-state index < -0.39 is 0 Å². The molecule has 9 heteroatoms. The number of aromatic nitrogens is 4. The van der Waals surface area contributed by atoms with Crippen LogP contribution in [0, 0.1) is 5.92 Å². The molecule has 0 saturated carbocycles. The Labute approximate surface area is 111 Å². The van der Waals surface area contributed by atoms with Gasteiger partial charge in [0.05, 0.1) is 0 Å². The zero-order valence-corrected chi connectivity index (χ0v) is 11.5. The van der Waals surface area contributed by atoms with Gasteiger partial charge >= 0.3 is 0 Å². The SMILES string of the molecule is CC(C)Cc1nnc(NC(=O)c2nnc(N)s2)s1. The van der Waals surface area contributed by atoms with Crippen molar-refractivity contribution in [3.63, 3.8) is 0 Å². The van der Waals surface area contributed by atoms with Crippen molar-refractivity contribution in [1.29, 1.82) is 0 Å². The van der Waals surface area contributed by atoms with Crippen LogP contribution >= 0.6 is 22.7 Å². The summed E-state index contributed by atoms with van der Waals surface area (Å²) in [4.78, 5) is 11.7. The van der Waals surface area contributed by atoms with Gasteiger partial charge in [0.1, 0.15) is 5.01 Å². The molecule has 2 heterocycles. The Morgan fingerprint density at radius 3 is 2.67 bits per heavy atom. The third kappa shape index (κ3) is 3.20. The van der Waals surface area contributed by atoms with Crippen LogP contribution in [0.1, 0.15) is 28.7 Å². The Hall–Kier alpha value is -1.61. The van der Waals surface area contributed by atoms with Gasteiger partial charge in [-0.2, -0.15) is 0 Å². The summed E-state index contributed by atoms with van der Waals surface area (Å²) in [5.74, 6) is 0.140. The summed E-state index contributed by atoms with van der Waals surface area (Å²) in [7, 11) is 0. The van der Waals surface area contributed by atoms with E-state index in [1.807, 2.05) is 0 Å². The predicted molar refractivity (Wildman–Crippen MR) is 70.7 cm³/mol. The molecule has 0 aliphatic heterocycles. The minimum atomic E-state index is -0.364. The van der Waals surface area contributed by atoms with Crippen molar-refractivity contribution in [3.8, 4) is 0 Å². The van der Waals surface area contributed by atoms with Gasteiger partial charge in [-0.1, -0.05) is 36.5 Å². The number of nitrogens with one attached hydrogen (secondary N) is 1. The van der Waals surface area contributed by atoms with E-state index in [1.54, 1.807) is 0 Å². The van der Waals surface area contributed by atoms with E-state index in [9.17, 15) is 4.79 Å². The van der Waals surface area contributed by atoms with Crippen LogP contribution in [0.5, 0.6) is 0 Å². The molecule has 2 rings (SSSR count). The Morgan fingerprint density at radius 1 is 1.28 bits per heavy atom. The number of hydrogen-bond acceptors (Lipinski definition) is 8.